The van der Waals surface area contributed by atoms with Crippen molar-refractivity contribution in [1.29, 1.82) is 0 Å². The van der Waals surface area contributed by atoms with E-state index in [1.165, 1.54) is 24.3 Å². The second kappa shape index (κ2) is 7.55. The molecular weight excluding hydrogens is 297 g/mol. The van der Waals surface area contributed by atoms with Crippen molar-refractivity contribution in [3.05, 3.63) is 35.6 Å². The molecule has 126 valence electrons. The zero-order valence-corrected chi connectivity index (χ0v) is 13.7. The Kier molecular flexibility index (Phi) is 5.71. The first-order valence-electron chi connectivity index (χ1n) is 7.99. The summed E-state index contributed by atoms with van der Waals surface area (Å²) in [5.74, 6) is -0.469. The number of amides is 2. The zero-order chi connectivity index (χ0) is 17.0. The molecule has 2 rings (SSSR count). The Morgan fingerprint density at radius 1 is 1.04 bits per heavy atom. The molecule has 1 heterocycles. The molecule has 23 heavy (non-hydrogen) atoms. The van der Waals surface area contributed by atoms with Crippen LogP contribution in [0, 0.1) is 11.7 Å². The Hall–Kier alpha value is -1.95. The zero-order valence-electron chi connectivity index (χ0n) is 13.7. The average molecular weight is 321 g/mol. The van der Waals surface area contributed by atoms with Crippen LogP contribution >= 0.6 is 0 Å². The highest BCUT2D eigenvalue weighted by Gasteiger charge is 2.27. The van der Waals surface area contributed by atoms with Gasteiger partial charge in [0.1, 0.15) is 5.82 Å². The standard InChI is InChI=1S/C17H24FN3O2/c1-12(2)15(19)17(23)21-9-3-8-20(10-11-21)16(22)13-4-6-14(18)7-5-13/h4-7,12,15H,3,8-11,19H2,1-2H3/t15-/m0/s1. The molecule has 0 aromatic heterocycles. The number of nitrogens with two attached hydrogens (primary N) is 1. The minimum atomic E-state index is -0.505. The smallest absolute Gasteiger partial charge is 0.253 e. The van der Waals surface area contributed by atoms with Gasteiger partial charge in [-0.2, -0.15) is 0 Å². The highest BCUT2D eigenvalue weighted by atomic mass is 19.1. The third-order valence-electron chi connectivity index (χ3n) is 4.19. The average Bonchev–Trinajstić information content (AvgIpc) is 2.79. The van der Waals surface area contributed by atoms with Gasteiger partial charge in [-0.3, -0.25) is 9.59 Å². The van der Waals surface area contributed by atoms with Crippen LogP contribution in [0.25, 0.3) is 0 Å². The highest BCUT2D eigenvalue weighted by molar-refractivity contribution is 5.94. The number of rotatable bonds is 3. The van der Waals surface area contributed by atoms with Crippen LogP contribution in [-0.2, 0) is 4.79 Å². The third-order valence-corrected chi connectivity index (χ3v) is 4.19. The summed E-state index contributed by atoms with van der Waals surface area (Å²) >= 11 is 0. The van der Waals surface area contributed by atoms with E-state index in [2.05, 4.69) is 0 Å². The van der Waals surface area contributed by atoms with Crippen molar-refractivity contribution in [1.82, 2.24) is 9.80 Å². The molecule has 0 radical (unpaired) electrons. The molecule has 1 atom stereocenters. The summed E-state index contributed by atoms with van der Waals surface area (Å²) in [4.78, 5) is 28.2. The first kappa shape index (κ1) is 17.4. The van der Waals surface area contributed by atoms with Crippen LogP contribution in [0.4, 0.5) is 4.39 Å². The molecule has 1 aliphatic heterocycles. The van der Waals surface area contributed by atoms with Gasteiger partial charge in [0, 0.05) is 31.7 Å². The molecule has 1 aromatic rings. The van der Waals surface area contributed by atoms with Crippen molar-refractivity contribution in [2.75, 3.05) is 26.2 Å². The van der Waals surface area contributed by atoms with Crippen molar-refractivity contribution in [2.45, 2.75) is 26.3 Å². The van der Waals surface area contributed by atoms with Crippen LogP contribution < -0.4 is 5.73 Å². The number of hydrogen-bond acceptors (Lipinski definition) is 3. The van der Waals surface area contributed by atoms with E-state index in [1.54, 1.807) is 9.80 Å². The van der Waals surface area contributed by atoms with Gasteiger partial charge in [-0.1, -0.05) is 13.8 Å². The number of carbonyl (C=O) groups is 2. The van der Waals surface area contributed by atoms with Gasteiger partial charge in [-0.25, -0.2) is 4.39 Å². The fraction of sp³-hybridized carbons (Fsp3) is 0.529. The second-order valence-corrected chi connectivity index (χ2v) is 6.25. The molecule has 1 saturated heterocycles. The number of hydrogen-bond donors (Lipinski definition) is 1. The lowest BCUT2D eigenvalue weighted by Crippen LogP contribution is -2.47. The Balaban J connectivity index is 1.99. The first-order chi connectivity index (χ1) is 10.9. The van der Waals surface area contributed by atoms with Crippen LogP contribution in [0.5, 0.6) is 0 Å². The lowest BCUT2D eigenvalue weighted by molar-refractivity contribution is -0.133. The van der Waals surface area contributed by atoms with Gasteiger partial charge < -0.3 is 15.5 Å². The summed E-state index contributed by atoms with van der Waals surface area (Å²) in [7, 11) is 0. The lowest BCUT2D eigenvalue weighted by Gasteiger charge is -2.26. The van der Waals surface area contributed by atoms with E-state index in [-0.39, 0.29) is 23.5 Å². The maximum absolute atomic E-state index is 13.0. The Morgan fingerprint density at radius 3 is 2.22 bits per heavy atom. The van der Waals surface area contributed by atoms with Crippen molar-refractivity contribution in [3.63, 3.8) is 0 Å². The molecule has 0 saturated carbocycles. The van der Waals surface area contributed by atoms with E-state index in [9.17, 15) is 14.0 Å². The van der Waals surface area contributed by atoms with E-state index < -0.39 is 6.04 Å². The summed E-state index contributed by atoms with van der Waals surface area (Å²) in [6.07, 6.45) is 0.712. The van der Waals surface area contributed by atoms with Crippen molar-refractivity contribution in [3.8, 4) is 0 Å². The molecule has 1 aliphatic rings. The predicted octanol–water partition coefficient (Wildman–Crippen LogP) is 1.48. The van der Waals surface area contributed by atoms with Gasteiger partial charge in [0.25, 0.3) is 5.91 Å². The molecule has 6 heteroatoms. The summed E-state index contributed by atoms with van der Waals surface area (Å²) in [5.41, 5.74) is 6.40. The molecule has 2 N–H and O–H groups in total. The second-order valence-electron chi connectivity index (χ2n) is 6.25. The number of nitrogens with zero attached hydrogens (tertiary/aromatic N) is 2. The lowest BCUT2D eigenvalue weighted by atomic mass is 10.0. The summed E-state index contributed by atoms with van der Waals surface area (Å²) < 4.78 is 13.0. The van der Waals surface area contributed by atoms with Gasteiger partial charge in [0.05, 0.1) is 6.04 Å². The molecular formula is C17H24FN3O2. The van der Waals surface area contributed by atoms with Crippen molar-refractivity contribution in [2.24, 2.45) is 11.7 Å². The maximum Gasteiger partial charge on any atom is 0.253 e. The Morgan fingerprint density at radius 2 is 1.61 bits per heavy atom. The number of benzene rings is 1. The summed E-state index contributed by atoms with van der Waals surface area (Å²) in [6.45, 7) is 5.97. The van der Waals surface area contributed by atoms with E-state index in [0.29, 0.717) is 38.2 Å². The quantitative estimate of drug-likeness (QED) is 0.917. The monoisotopic (exact) mass is 321 g/mol. The van der Waals surface area contributed by atoms with Crippen LogP contribution in [-0.4, -0.2) is 53.8 Å². The molecule has 0 spiro atoms. The van der Waals surface area contributed by atoms with Gasteiger partial charge in [0.15, 0.2) is 0 Å². The Labute approximate surface area is 136 Å². The largest absolute Gasteiger partial charge is 0.340 e. The minimum absolute atomic E-state index is 0.0592. The fourth-order valence-electron chi connectivity index (χ4n) is 2.61. The third kappa shape index (κ3) is 4.28. The maximum atomic E-state index is 13.0. The SMILES string of the molecule is CC(C)[C@H](N)C(=O)N1CCCN(C(=O)c2ccc(F)cc2)CC1. The van der Waals surface area contributed by atoms with Crippen LogP contribution in [0.1, 0.15) is 30.6 Å². The molecule has 1 aromatic carbocycles. The van der Waals surface area contributed by atoms with Gasteiger partial charge in [-0.15, -0.1) is 0 Å². The Bertz CT molecular complexity index is 559. The van der Waals surface area contributed by atoms with E-state index in [0.717, 1.165) is 0 Å². The normalized spacial score (nSPS) is 17.1. The summed E-state index contributed by atoms with van der Waals surface area (Å²) in [6, 6.07) is 5.03. The number of carbonyl (C=O) groups excluding carboxylic acids is 2. The molecule has 0 unspecified atom stereocenters. The molecule has 0 aliphatic carbocycles. The van der Waals surface area contributed by atoms with E-state index in [1.807, 2.05) is 13.8 Å². The van der Waals surface area contributed by atoms with E-state index in [4.69, 9.17) is 5.73 Å². The predicted molar refractivity (Wildman–Crippen MR) is 86.3 cm³/mol. The van der Waals surface area contributed by atoms with Gasteiger partial charge in [0.2, 0.25) is 5.91 Å². The highest BCUT2D eigenvalue weighted by Crippen LogP contribution is 2.12. The number of halogens is 1. The topological polar surface area (TPSA) is 66.6 Å². The van der Waals surface area contributed by atoms with Gasteiger partial charge >= 0.3 is 0 Å². The minimum Gasteiger partial charge on any atom is -0.340 e. The fourth-order valence-corrected chi connectivity index (χ4v) is 2.61. The van der Waals surface area contributed by atoms with Crippen LogP contribution in [0.15, 0.2) is 24.3 Å². The van der Waals surface area contributed by atoms with Crippen LogP contribution in [0.2, 0.25) is 0 Å². The molecule has 2 amide bonds. The molecule has 1 fully saturated rings. The van der Waals surface area contributed by atoms with Crippen LogP contribution in [0.3, 0.4) is 0 Å². The molecule has 5 nitrogen and oxygen atoms in total. The van der Waals surface area contributed by atoms with E-state index >= 15 is 0 Å². The van der Waals surface area contributed by atoms with Crippen molar-refractivity contribution >= 4 is 11.8 Å². The first-order valence-corrected chi connectivity index (χ1v) is 7.99. The summed E-state index contributed by atoms with van der Waals surface area (Å²) in [5, 5.41) is 0. The van der Waals surface area contributed by atoms with Gasteiger partial charge in [-0.05, 0) is 36.6 Å². The van der Waals surface area contributed by atoms with Crippen molar-refractivity contribution < 1.29 is 14.0 Å². The molecule has 0 bridgehead atoms.